The monoisotopic (exact) mass is 235 g/mol. The molecule has 0 aliphatic rings. The standard InChI is InChI=1S/C14H21NO2/c1-5-11-6-7-12(15-10-11)8-13(16)9-14(2,3)17-4/h6-7,10H,5,8-9H2,1-4H3. The molecule has 1 heterocycles. The summed E-state index contributed by atoms with van der Waals surface area (Å²) >= 11 is 0. The molecule has 0 unspecified atom stereocenters. The van der Waals surface area contributed by atoms with E-state index < -0.39 is 0 Å². The highest BCUT2D eigenvalue weighted by Crippen LogP contribution is 2.14. The van der Waals surface area contributed by atoms with Gasteiger partial charge in [0.15, 0.2) is 0 Å². The van der Waals surface area contributed by atoms with E-state index in [9.17, 15) is 4.79 Å². The van der Waals surface area contributed by atoms with E-state index in [2.05, 4.69) is 11.9 Å². The Kier molecular flexibility index (Phi) is 4.82. The number of aryl methyl sites for hydroxylation is 1. The molecule has 0 aliphatic heterocycles. The third kappa shape index (κ3) is 4.65. The largest absolute Gasteiger partial charge is 0.378 e. The lowest BCUT2D eigenvalue weighted by molar-refractivity contribution is -0.123. The number of pyridine rings is 1. The highest BCUT2D eigenvalue weighted by molar-refractivity contribution is 5.81. The van der Waals surface area contributed by atoms with Crippen LogP contribution in [-0.2, 0) is 22.4 Å². The van der Waals surface area contributed by atoms with Gasteiger partial charge in [0.1, 0.15) is 5.78 Å². The summed E-state index contributed by atoms with van der Waals surface area (Å²) in [4.78, 5) is 16.1. The number of hydrogen-bond donors (Lipinski definition) is 0. The van der Waals surface area contributed by atoms with Gasteiger partial charge in [-0.1, -0.05) is 13.0 Å². The Bertz CT molecular complexity index is 368. The molecular formula is C14H21NO2. The summed E-state index contributed by atoms with van der Waals surface area (Å²) in [5.74, 6) is 0.161. The summed E-state index contributed by atoms with van der Waals surface area (Å²) in [5, 5.41) is 0. The Labute approximate surface area is 103 Å². The molecule has 3 nitrogen and oxygen atoms in total. The number of Topliss-reactive ketones (excluding diaryl/α,β-unsaturated/α-hetero) is 1. The first kappa shape index (κ1) is 13.8. The molecule has 0 atom stereocenters. The van der Waals surface area contributed by atoms with Crippen LogP contribution in [0, 0.1) is 0 Å². The normalized spacial score (nSPS) is 11.5. The third-order valence-electron chi connectivity index (χ3n) is 2.85. The number of methoxy groups -OCH3 is 1. The lowest BCUT2D eigenvalue weighted by Gasteiger charge is -2.21. The van der Waals surface area contributed by atoms with Gasteiger partial charge in [-0.3, -0.25) is 9.78 Å². The van der Waals surface area contributed by atoms with Crippen molar-refractivity contribution in [1.82, 2.24) is 4.98 Å². The van der Waals surface area contributed by atoms with E-state index in [4.69, 9.17) is 4.74 Å². The first-order valence-electron chi connectivity index (χ1n) is 5.97. The number of aromatic nitrogens is 1. The molecule has 1 rings (SSSR count). The average Bonchev–Trinajstić information content (AvgIpc) is 2.29. The van der Waals surface area contributed by atoms with E-state index in [1.54, 1.807) is 7.11 Å². The molecule has 1 aromatic heterocycles. The third-order valence-corrected chi connectivity index (χ3v) is 2.85. The van der Waals surface area contributed by atoms with Crippen LogP contribution in [0.15, 0.2) is 18.3 Å². The quantitative estimate of drug-likeness (QED) is 0.760. The van der Waals surface area contributed by atoms with Gasteiger partial charge in [-0.2, -0.15) is 0 Å². The average molecular weight is 235 g/mol. The van der Waals surface area contributed by atoms with Crippen molar-refractivity contribution in [3.05, 3.63) is 29.6 Å². The van der Waals surface area contributed by atoms with E-state index in [-0.39, 0.29) is 11.4 Å². The maximum Gasteiger partial charge on any atom is 0.141 e. The van der Waals surface area contributed by atoms with Crippen molar-refractivity contribution >= 4 is 5.78 Å². The maximum absolute atomic E-state index is 11.8. The molecule has 3 heteroatoms. The summed E-state index contributed by atoms with van der Waals surface area (Å²) in [6.45, 7) is 5.92. The number of ketones is 1. The molecule has 0 aromatic carbocycles. The van der Waals surface area contributed by atoms with Gasteiger partial charge in [-0.15, -0.1) is 0 Å². The summed E-state index contributed by atoms with van der Waals surface area (Å²) < 4.78 is 5.24. The second-order valence-corrected chi connectivity index (χ2v) is 4.87. The molecule has 0 N–H and O–H groups in total. The second-order valence-electron chi connectivity index (χ2n) is 4.87. The molecule has 1 aromatic rings. The SMILES string of the molecule is CCc1ccc(CC(=O)CC(C)(C)OC)nc1. The fourth-order valence-electron chi connectivity index (χ4n) is 1.58. The Morgan fingerprint density at radius 3 is 2.59 bits per heavy atom. The summed E-state index contributed by atoms with van der Waals surface area (Å²) in [6.07, 6.45) is 3.61. The minimum absolute atomic E-state index is 0.161. The van der Waals surface area contributed by atoms with E-state index in [1.807, 2.05) is 32.2 Å². The van der Waals surface area contributed by atoms with Crippen LogP contribution >= 0.6 is 0 Å². The first-order valence-corrected chi connectivity index (χ1v) is 5.97. The zero-order chi connectivity index (χ0) is 12.9. The molecular weight excluding hydrogens is 214 g/mol. The van der Waals surface area contributed by atoms with Crippen molar-refractivity contribution in [3.63, 3.8) is 0 Å². The van der Waals surface area contributed by atoms with Gasteiger partial charge < -0.3 is 4.74 Å². The molecule has 0 aliphatic carbocycles. The summed E-state index contributed by atoms with van der Waals surface area (Å²) in [6, 6.07) is 3.95. The Balaban J connectivity index is 2.56. The molecule has 0 amide bonds. The van der Waals surface area contributed by atoms with Crippen molar-refractivity contribution in [2.45, 2.75) is 45.6 Å². The summed E-state index contributed by atoms with van der Waals surface area (Å²) in [7, 11) is 1.63. The molecule has 94 valence electrons. The van der Waals surface area contributed by atoms with Crippen LogP contribution in [0.1, 0.15) is 38.4 Å². The van der Waals surface area contributed by atoms with Gasteiger partial charge >= 0.3 is 0 Å². The number of carbonyl (C=O) groups excluding carboxylic acids is 1. The van der Waals surface area contributed by atoms with Crippen molar-refractivity contribution in [2.24, 2.45) is 0 Å². The number of hydrogen-bond acceptors (Lipinski definition) is 3. The lowest BCUT2D eigenvalue weighted by atomic mass is 9.99. The smallest absolute Gasteiger partial charge is 0.141 e. The maximum atomic E-state index is 11.8. The first-order chi connectivity index (χ1) is 7.96. The number of ether oxygens (including phenoxy) is 1. The number of nitrogens with zero attached hydrogens (tertiary/aromatic N) is 1. The lowest BCUT2D eigenvalue weighted by Crippen LogP contribution is -2.27. The Hall–Kier alpha value is -1.22. The minimum atomic E-state index is -0.388. The highest BCUT2D eigenvalue weighted by Gasteiger charge is 2.21. The molecule has 0 radical (unpaired) electrons. The fourth-order valence-corrected chi connectivity index (χ4v) is 1.58. The molecule has 0 saturated carbocycles. The van der Waals surface area contributed by atoms with Gasteiger partial charge in [0.05, 0.1) is 5.60 Å². The van der Waals surface area contributed by atoms with Crippen LogP contribution in [0.4, 0.5) is 0 Å². The molecule has 0 fully saturated rings. The molecule has 0 bridgehead atoms. The van der Waals surface area contributed by atoms with Crippen LogP contribution in [-0.4, -0.2) is 23.5 Å². The van der Waals surface area contributed by atoms with Crippen LogP contribution in [0.5, 0.6) is 0 Å². The van der Waals surface area contributed by atoms with Gasteiger partial charge in [0, 0.05) is 31.8 Å². The van der Waals surface area contributed by atoms with Crippen molar-refractivity contribution in [3.8, 4) is 0 Å². The highest BCUT2D eigenvalue weighted by atomic mass is 16.5. The van der Waals surface area contributed by atoms with E-state index in [0.717, 1.165) is 12.1 Å². The van der Waals surface area contributed by atoms with E-state index in [0.29, 0.717) is 12.8 Å². The van der Waals surface area contributed by atoms with Crippen LogP contribution in [0.25, 0.3) is 0 Å². The van der Waals surface area contributed by atoms with Crippen LogP contribution in [0.2, 0.25) is 0 Å². The summed E-state index contributed by atoms with van der Waals surface area (Å²) in [5.41, 5.74) is 1.64. The van der Waals surface area contributed by atoms with E-state index >= 15 is 0 Å². The van der Waals surface area contributed by atoms with Gasteiger partial charge in [0.2, 0.25) is 0 Å². The molecule has 17 heavy (non-hydrogen) atoms. The van der Waals surface area contributed by atoms with Crippen molar-refractivity contribution < 1.29 is 9.53 Å². The topological polar surface area (TPSA) is 39.2 Å². The van der Waals surface area contributed by atoms with Crippen LogP contribution < -0.4 is 0 Å². The predicted octanol–water partition coefficient (Wildman–Crippen LogP) is 2.57. The second kappa shape index (κ2) is 5.92. The molecule has 0 saturated heterocycles. The zero-order valence-corrected chi connectivity index (χ0v) is 11.1. The fraction of sp³-hybridized carbons (Fsp3) is 0.571. The number of carbonyl (C=O) groups is 1. The Morgan fingerprint density at radius 2 is 2.12 bits per heavy atom. The number of rotatable bonds is 6. The van der Waals surface area contributed by atoms with Crippen LogP contribution in [0.3, 0.4) is 0 Å². The van der Waals surface area contributed by atoms with Gasteiger partial charge in [0.25, 0.3) is 0 Å². The zero-order valence-electron chi connectivity index (χ0n) is 11.1. The van der Waals surface area contributed by atoms with Gasteiger partial charge in [-0.05, 0) is 31.9 Å². The van der Waals surface area contributed by atoms with Crippen molar-refractivity contribution in [2.75, 3.05) is 7.11 Å². The Morgan fingerprint density at radius 1 is 1.41 bits per heavy atom. The van der Waals surface area contributed by atoms with Crippen molar-refractivity contribution in [1.29, 1.82) is 0 Å². The predicted molar refractivity (Wildman–Crippen MR) is 68.0 cm³/mol. The van der Waals surface area contributed by atoms with Gasteiger partial charge in [-0.25, -0.2) is 0 Å². The van der Waals surface area contributed by atoms with E-state index in [1.165, 1.54) is 5.56 Å². The minimum Gasteiger partial charge on any atom is -0.378 e. The molecule has 0 spiro atoms.